The molecular weight excluding hydrogens is 222 g/mol. The maximum absolute atomic E-state index is 10.5. The summed E-state index contributed by atoms with van der Waals surface area (Å²) in [5.41, 5.74) is 0.956. The van der Waals surface area contributed by atoms with E-state index < -0.39 is 10.1 Å². The molecule has 0 aliphatic rings. The van der Waals surface area contributed by atoms with Crippen molar-refractivity contribution in [3.8, 4) is 0 Å². The Balaban J connectivity index is 0. The van der Waals surface area contributed by atoms with Gasteiger partial charge in [0.25, 0.3) is 10.1 Å². The minimum atomic E-state index is -4.02. The topological polar surface area (TPSA) is 54.4 Å². The molecule has 0 saturated heterocycles. The first kappa shape index (κ1) is 16.1. The summed E-state index contributed by atoms with van der Waals surface area (Å²) in [5.74, 6) is 0. The molecule has 13 heavy (non-hydrogen) atoms. The average molecular weight is 230 g/mol. The summed E-state index contributed by atoms with van der Waals surface area (Å²) in [6.45, 7) is 1.84. The van der Waals surface area contributed by atoms with Crippen molar-refractivity contribution in [3.05, 3.63) is 29.8 Å². The van der Waals surface area contributed by atoms with Gasteiger partial charge in [0.2, 0.25) is 0 Å². The predicted octanol–water partition coefficient (Wildman–Crippen LogP) is -4.75. The second kappa shape index (κ2) is 6.23. The van der Waals surface area contributed by atoms with Gasteiger partial charge >= 0.3 is 51.4 Å². The quantitative estimate of drug-likeness (QED) is 0.389. The van der Waals surface area contributed by atoms with Crippen LogP contribution in [0.2, 0.25) is 0 Å². The Kier molecular flexibility index (Phi) is 7.73. The fourth-order valence-corrected chi connectivity index (χ4v) is 1.19. The smallest absolute Gasteiger partial charge is 1.00 e. The summed E-state index contributed by atoms with van der Waals surface area (Å²) in [4.78, 5) is -0.0666. The van der Waals surface area contributed by atoms with Gasteiger partial charge in [-0.1, -0.05) is 17.7 Å². The molecule has 1 N–H and O–H groups in total. The fourth-order valence-electron chi connectivity index (χ4n) is 0.710. The molecule has 6 heteroatoms. The molecule has 0 spiro atoms. The fraction of sp³-hybridized carbons (Fsp3) is 0.143. The van der Waals surface area contributed by atoms with Crippen LogP contribution in [0.3, 0.4) is 0 Å². The van der Waals surface area contributed by atoms with Crippen LogP contribution in [0, 0.1) is 6.92 Å². The molecule has 0 radical (unpaired) electrons. The van der Waals surface area contributed by atoms with E-state index in [0.717, 1.165) is 5.56 Å². The van der Waals surface area contributed by atoms with Gasteiger partial charge in [-0.3, -0.25) is 4.55 Å². The van der Waals surface area contributed by atoms with Crippen LogP contribution < -0.4 is 56.1 Å². The minimum absolute atomic E-state index is 0. The van der Waals surface area contributed by atoms with Gasteiger partial charge in [0.05, 0.1) is 4.90 Å². The molecule has 1 aromatic rings. The van der Waals surface area contributed by atoms with Crippen LogP contribution in [0.1, 0.15) is 5.56 Å². The van der Waals surface area contributed by atoms with E-state index in [2.05, 4.69) is 0 Å². The molecule has 0 atom stereocenters. The Bertz CT molecular complexity index is 347. The van der Waals surface area contributed by atoms with Crippen molar-refractivity contribution in [2.75, 3.05) is 0 Å². The van der Waals surface area contributed by atoms with Gasteiger partial charge in [0.1, 0.15) is 0 Å². The Morgan fingerprint density at radius 1 is 1.15 bits per heavy atom. The van der Waals surface area contributed by atoms with Crippen LogP contribution in [0.25, 0.3) is 0 Å². The molecule has 0 heterocycles. The van der Waals surface area contributed by atoms with Crippen molar-refractivity contribution in [1.29, 1.82) is 0 Å². The van der Waals surface area contributed by atoms with Gasteiger partial charge in [0.15, 0.2) is 0 Å². The van der Waals surface area contributed by atoms with Gasteiger partial charge in [-0.15, -0.1) is 0 Å². The van der Waals surface area contributed by atoms with Crippen LogP contribution in [0.15, 0.2) is 29.2 Å². The average Bonchev–Trinajstić information content (AvgIpc) is 1.86. The van der Waals surface area contributed by atoms with Crippen molar-refractivity contribution in [1.82, 2.24) is 0 Å². The maximum Gasteiger partial charge on any atom is 1.00 e. The molecule has 3 nitrogen and oxygen atoms in total. The van der Waals surface area contributed by atoms with Gasteiger partial charge in [0, 0.05) is 0 Å². The minimum Gasteiger partial charge on any atom is -1.00 e. The monoisotopic (exact) mass is 230 g/mol. The Hall–Kier alpha value is 0.696. The maximum atomic E-state index is 10.5. The standard InChI is InChI=1S/C7H8O3S.FH.K/c1-6-2-4-7(5-3-6)11(8,9)10;;/h2-5H,1H3,(H,8,9,10);1H;/q;;+1/p-1. The Morgan fingerprint density at radius 3 is 1.85 bits per heavy atom. The van der Waals surface area contributed by atoms with E-state index in [4.69, 9.17) is 4.55 Å². The van der Waals surface area contributed by atoms with E-state index in [1.807, 2.05) is 6.92 Å². The van der Waals surface area contributed by atoms with Crippen LogP contribution in [0.5, 0.6) is 0 Å². The van der Waals surface area contributed by atoms with E-state index in [1.54, 1.807) is 12.1 Å². The van der Waals surface area contributed by atoms with E-state index in [-0.39, 0.29) is 61.0 Å². The first-order chi connectivity index (χ1) is 5.00. The Morgan fingerprint density at radius 2 is 1.54 bits per heavy atom. The molecule has 0 aliphatic heterocycles. The number of benzene rings is 1. The number of hydrogen-bond donors (Lipinski definition) is 1. The molecule has 0 aromatic heterocycles. The van der Waals surface area contributed by atoms with Crippen molar-refractivity contribution in [2.45, 2.75) is 11.8 Å². The third-order valence-corrected chi connectivity index (χ3v) is 2.19. The first-order valence-electron chi connectivity index (χ1n) is 3.04. The second-order valence-corrected chi connectivity index (χ2v) is 3.71. The van der Waals surface area contributed by atoms with Crippen molar-refractivity contribution in [2.24, 2.45) is 0 Å². The zero-order valence-corrected chi connectivity index (χ0v) is 11.3. The van der Waals surface area contributed by atoms with Crippen LogP contribution in [-0.2, 0) is 10.1 Å². The number of rotatable bonds is 1. The van der Waals surface area contributed by atoms with E-state index in [9.17, 15) is 8.42 Å². The number of halogens is 1. The van der Waals surface area contributed by atoms with Crippen molar-refractivity contribution < 1.29 is 69.1 Å². The largest absolute Gasteiger partial charge is 1.00 e. The predicted molar refractivity (Wildman–Crippen MR) is 41.0 cm³/mol. The Labute approximate surface area is 119 Å². The molecule has 1 rings (SSSR count). The molecule has 0 bridgehead atoms. The molecule has 0 fully saturated rings. The number of aryl methyl sites for hydroxylation is 1. The third-order valence-electron chi connectivity index (χ3n) is 1.32. The SMILES string of the molecule is Cc1ccc(S(=O)(=O)O)cc1.[F-].[K+]. The summed E-state index contributed by atoms with van der Waals surface area (Å²) < 4.78 is 29.6. The summed E-state index contributed by atoms with van der Waals surface area (Å²) in [6.07, 6.45) is 0. The second-order valence-electron chi connectivity index (χ2n) is 2.29. The molecular formula is C7H8FKO3S. The third kappa shape index (κ3) is 5.21. The van der Waals surface area contributed by atoms with Crippen LogP contribution >= 0.6 is 0 Å². The summed E-state index contributed by atoms with van der Waals surface area (Å²) in [5, 5.41) is 0. The van der Waals surface area contributed by atoms with E-state index in [1.165, 1.54) is 12.1 Å². The van der Waals surface area contributed by atoms with Gasteiger partial charge < -0.3 is 4.70 Å². The molecule has 0 unspecified atom stereocenters. The van der Waals surface area contributed by atoms with E-state index in [0.29, 0.717) is 0 Å². The first-order valence-corrected chi connectivity index (χ1v) is 4.48. The van der Waals surface area contributed by atoms with Gasteiger partial charge in [-0.05, 0) is 19.1 Å². The van der Waals surface area contributed by atoms with Crippen LogP contribution in [0.4, 0.5) is 0 Å². The van der Waals surface area contributed by atoms with Gasteiger partial charge in [-0.2, -0.15) is 8.42 Å². The van der Waals surface area contributed by atoms with E-state index >= 15 is 0 Å². The van der Waals surface area contributed by atoms with Crippen molar-refractivity contribution in [3.63, 3.8) is 0 Å². The molecule has 0 aliphatic carbocycles. The summed E-state index contributed by atoms with van der Waals surface area (Å²) >= 11 is 0. The number of hydrogen-bond acceptors (Lipinski definition) is 2. The molecule has 68 valence electrons. The molecule has 1 aromatic carbocycles. The van der Waals surface area contributed by atoms with Crippen LogP contribution in [-0.4, -0.2) is 13.0 Å². The zero-order valence-electron chi connectivity index (χ0n) is 7.36. The molecule has 0 saturated carbocycles. The zero-order chi connectivity index (χ0) is 8.48. The summed E-state index contributed by atoms with van der Waals surface area (Å²) in [6, 6.07) is 5.99. The van der Waals surface area contributed by atoms with Gasteiger partial charge in [-0.25, -0.2) is 0 Å². The summed E-state index contributed by atoms with van der Waals surface area (Å²) in [7, 11) is -4.02. The normalized spacial score (nSPS) is 9.69. The van der Waals surface area contributed by atoms with Crippen molar-refractivity contribution >= 4 is 10.1 Å². The molecule has 0 amide bonds.